The van der Waals surface area contributed by atoms with E-state index in [4.69, 9.17) is 4.74 Å². The summed E-state index contributed by atoms with van der Waals surface area (Å²) in [5.74, 6) is 1.30. The topological polar surface area (TPSA) is 49.7 Å². The van der Waals surface area contributed by atoms with Crippen molar-refractivity contribution in [2.24, 2.45) is 0 Å². The van der Waals surface area contributed by atoms with E-state index >= 15 is 0 Å². The first kappa shape index (κ1) is 26.1. The Kier molecular flexibility index (Phi) is 7.69. The summed E-state index contributed by atoms with van der Waals surface area (Å²) in [4.78, 5) is 0. The molecule has 0 heterocycles. The Morgan fingerprint density at radius 1 is 0.590 bits per heavy atom. The number of phenolic OH excluding ortho intramolecular Hbond substituents is 2. The monoisotopic (exact) mass is 514 g/mol. The highest BCUT2D eigenvalue weighted by Crippen LogP contribution is 2.47. The summed E-state index contributed by atoms with van der Waals surface area (Å²) in [6, 6.07) is 40.2. The second kappa shape index (κ2) is 11.5. The predicted molar refractivity (Wildman–Crippen MR) is 159 cm³/mol. The van der Waals surface area contributed by atoms with Gasteiger partial charge in [0.25, 0.3) is 0 Å². The van der Waals surface area contributed by atoms with Crippen LogP contribution in [-0.2, 0) is 5.41 Å². The van der Waals surface area contributed by atoms with Gasteiger partial charge in [-0.1, -0.05) is 105 Å². The fraction of sp³-hybridized carbons (Fsp3) is 0.167. The van der Waals surface area contributed by atoms with Gasteiger partial charge < -0.3 is 14.9 Å². The number of phenols is 2. The minimum atomic E-state index is -0.531. The largest absolute Gasteiger partial charge is 0.507 e. The van der Waals surface area contributed by atoms with Crippen LogP contribution in [-0.4, -0.2) is 17.3 Å². The highest BCUT2D eigenvalue weighted by atomic mass is 16.5. The van der Waals surface area contributed by atoms with Crippen LogP contribution in [0.1, 0.15) is 42.9 Å². The summed E-state index contributed by atoms with van der Waals surface area (Å²) in [6.07, 6.45) is 2.88. The van der Waals surface area contributed by atoms with Crippen molar-refractivity contribution in [3.05, 3.63) is 138 Å². The van der Waals surface area contributed by atoms with Crippen LogP contribution in [0.5, 0.6) is 17.2 Å². The van der Waals surface area contributed by atoms with Crippen LogP contribution >= 0.6 is 0 Å². The van der Waals surface area contributed by atoms with Gasteiger partial charge in [-0.2, -0.15) is 0 Å². The van der Waals surface area contributed by atoms with Gasteiger partial charge in [0.15, 0.2) is 0 Å². The normalized spacial score (nSPS) is 11.3. The summed E-state index contributed by atoms with van der Waals surface area (Å²) >= 11 is 0. The van der Waals surface area contributed by atoms with Crippen LogP contribution in [0.15, 0.2) is 121 Å². The molecule has 0 spiro atoms. The molecule has 3 nitrogen and oxygen atoms in total. The molecule has 2 N–H and O–H groups in total. The van der Waals surface area contributed by atoms with Crippen LogP contribution in [0.2, 0.25) is 0 Å². The van der Waals surface area contributed by atoms with Gasteiger partial charge in [-0.3, -0.25) is 0 Å². The lowest BCUT2D eigenvalue weighted by molar-refractivity contribution is 0.414. The summed E-state index contributed by atoms with van der Waals surface area (Å²) in [5.41, 5.74) is 6.29. The van der Waals surface area contributed by atoms with E-state index in [1.54, 1.807) is 19.2 Å². The van der Waals surface area contributed by atoms with Gasteiger partial charge in [0.05, 0.1) is 7.11 Å². The van der Waals surface area contributed by atoms with Crippen LogP contribution < -0.4 is 4.74 Å². The molecule has 196 valence electrons. The summed E-state index contributed by atoms with van der Waals surface area (Å²) in [6.45, 7) is 2.21. The lowest BCUT2D eigenvalue weighted by atomic mass is 9.65. The van der Waals surface area contributed by atoms with Crippen LogP contribution in [0.25, 0.3) is 22.3 Å². The first-order valence-electron chi connectivity index (χ1n) is 13.5. The van der Waals surface area contributed by atoms with Gasteiger partial charge in [-0.05, 0) is 70.6 Å². The average molecular weight is 515 g/mol. The number of benzene rings is 5. The van der Waals surface area contributed by atoms with Crippen molar-refractivity contribution in [1.82, 2.24) is 0 Å². The SMILES string of the molecule is CCCCC(c1ccc(OC)cc1)(c1ccc(O)c(-c2ccccc2)c1)c1ccc(O)c(-c2ccccc2)c1. The van der Waals surface area contributed by atoms with Crippen molar-refractivity contribution in [3.8, 4) is 39.5 Å². The minimum absolute atomic E-state index is 0.250. The third kappa shape index (κ3) is 5.13. The van der Waals surface area contributed by atoms with Crippen molar-refractivity contribution in [1.29, 1.82) is 0 Å². The molecule has 0 aromatic heterocycles. The average Bonchev–Trinajstić information content (AvgIpc) is 3.00. The Morgan fingerprint density at radius 3 is 1.49 bits per heavy atom. The van der Waals surface area contributed by atoms with E-state index in [0.29, 0.717) is 0 Å². The van der Waals surface area contributed by atoms with Gasteiger partial charge in [0.1, 0.15) is 17.2 Å². The molecule has 0 aliphatic rings. The maximum atomic E-state index is 10.9. The van der Waals surface area contributed by atoms with E-state index in [1.807, 2.05) is 84.9 Å². The van der Waals surface area contributed by atoms with Gasteiger partial charge in [0.2, 0.25) is 0 Å². The highest BCUT2D eigenvalue weighted by molar-refractivity contribution is 5.74. The maximum absolute atomic E-state index is 10.9. The van der Waals surface area contributed by atoms with E-state index in [9.17, 15) is 10.2 Å². The molecule has 0 saturated carbocycles. The van der Waals surface area contributed by atoms with E-state index in [2.05, 4.69) is 31.2 Å². The van der Waals surface area contributed by atoms with Crippen molar-refractivity contribution in [3.63, 3.8) is 0 Å². The zero-order chi connectivity index (χ0) is 27.2. The van der Waals surface area contributed by atoms with Crippen LogP contribution in [0, 0.1) is 0 Å². The van der Waals surface area contributed by atoms with Gasteiger partial charge in [0, 0.05) is 16.5 Å². The number of ether oxygens (including phenoxy) is 1. The number of hydrogen-bond donors (Lipinski definition) is 2. The summed E-state index contributed by atoms with van der Waals surface area (Å²) in [5, 5.41) is 21.8. The predicted octanol–water partition coefficient (Wildman–Crippen LogP) is 8.96. The zero-order valence-electron chi connectivity index (χ0n) is 22.5. The molecule has 39 heavy (non-hydrogen) atoms. The molecule has 0 saturated heterocycles. The second-order valence-corrected chi connectivity index (χ2v) is 9.93. The number of methoxy groups -OCH3 is 1. The Morgan fingerprint density at radius 2 is 1.05 bits per heavy atom. The Bertz CT molecular complexity index is 1430. The fourth-order valence-corrected chi connectivity index (χ4v) is 5.55. The van der Waals surface area contributed by atoms with E-state index in [0.717, 1.165) is 64.0 Å². The molecule has 5 aromatic carbocycles. The second-order valence-electron chi connectivity index (χ2n) is 9.93. The molecule has 5 aromatic rings. The molecule has 0 atom stereocenters. The van der Waals surface area contributed by atoms with Crippen molar-refractivity contribution in [2.45, 2.75) is 31.6 Å². The third-order valence-electron chi connectivity index (χ3n) is 7.64. The zero-order valence-corrected chi connectivity index (χ0v) is 22.5. The molecule has 0 radical (unpaired) electrons. The van der Waals surface area contributed by atoms with E-state index < -0.39 is 5.41 Å². The molecule has 0 bridgehead atoms. The molecule has 0 fully saturated rings. The molecule has 0 unspecified atom stereocenters. The van der Waals surface area contributed by atoms with E-state index in [1.165, 1.54) is 0 Å². The van der Waals surface area contributed by atoms with Crippen molar-refractivity contribution >= 4 is 0 Å². The third-order valence-corrected chi connectivity index (χ3v) is 7.64. The molecular formula is C36H34O3. The molecule has 3 heteroatoms. The summed E-state index contributed by atoms with van der Waals surface area (Å²) < 4.78 is 5.49. The molecule has 0 aliphatic heterocycles. The van der Waals surface area contributed by atoms with Gasteiger partial charge in [-0.25, -0.2) is 0 Å². The van der Waals surface area contributed by atoms with Gasteiger partial charge >= 0.3 is 0 Å². The quantitative estimate of drug-likeness (QED) is 0.193. The number of rotatable bonds is 9. The lowest BCUT2D eigenvalue weighted by Crippen LogP contribution is -2.29. The van der Waals surface area contributed by atoms with Crippen molar-refractivity contribution < 1.29 is 14.9 Å². The van der Waals surface area contributed by atoms with Crippen LogP contribution in [0.4, 0.5) is 0 Å². The van der Waals surface area contributed by atoms with Crippen LogP contribution in [0.3, 0.4) is 0 Å². The first-order chi connectivity index (χ1) is 19.1. The molecular weight excluding hydrogens is 480 g/mol. The number of unbranched alkanes of at least 4 members (excludes halogenated alkanes) is 1. The number of aromatic hydroxyl groups is 2. The molecule has 0 amide bonds. The fourth-order valence-electron chi connectivity index (χ4n) is 5.55. The summed E-state index contributed by atoms with van der Waals surface area (Å²) in [7, 11) is 1.68. The lowest BCUT2D eigenvalue weighted by Gasteiger charge is -2.37. The molecule has 0 aliphatic carbocycles. The standard InChI is InChI=1S/C36H34O3/c1-3-4-23-36(28-15-19-31(39-2)20-16-28,29-17-21-34(37)32(24-29)26-11-7-5-8-12-26)30-18-22-35(38)33(25-30)27-13-9-6-10-14-27/h5-22,24-25,37-38H,3-4,23H2,1-2H3. The highest BCUT2D eigenvalue weighted by Gasteiger charge is 2.37. The first-order valence-corrected chi connectivity index (χ1v) is 13.5. The van der Waals surface area contributed by atoms with Crippen molar-refractivity contribution in [2.75, 3.05) is 7.11 Å². The van der Waals surface area contributed by atoms with E-state index in [-0.39, 0.29) is 11.5 Å². The smallest absolute Gasteiger partial charge is 0.123 e. The maximum Gasteiger partial charge on any atom is 0.123 e. The Balaban J connectivity index is 1.81. The van der Waals surface area contributed by atoms with Gasteiger partial charge in [-0.15, -0.1) is 0 Å². The Hall–Kier alpha value is -4.50. The Labute approximate surface area is 231 Å². The number of hydrogen-bond acceptors (Lipinski definition) is 3. The molecule has 5 rings (SSSR count). The minimum Gasteiger partial charge on any atom is -0.507 e.